The molecule has 6 aliphatic heterocycles. The number of nitrogens with one attached hydrogen (secondary N) is 1. The number of aromatic hydroxyl groups is 1. The van der Waals surface area contributed by atoms with Crippen LogP contribution < -0.4 is 20.6 Å². The number of aromatic nitrogens is 5. The average molecular weight is 1080 g/mol. The van der Waals surface area contributed by atoms with Gasteiger partial charge in [0.2, 0.25) is 11.8 Å². The number of amides is 3. The highest BCUT2D eigenvalue weighted by molar-refractivity contribution is 6.03. The molecule has 12 rings (SSSR count). The van der Waals surface area contributed by atoms with Crippen LogP contribution in [0, 0.1) is 29.9 Å². The first-order chi connectivity index (χ1) is 38.1. The molecule has 3 amide bonds. The van der Waals surface area contributed by atoms with Gasteiger partial charge < -0.3 is 34.4 Å². The van der Waals surface area contributed by atoms with Gasteiger partial charge in [-0.3, -0.25) is 33.9 Å². The van der Waals surface area contributed by atoms with E-state index in [1.54, 1.807) is 18.5 Å². The highest BCUT2D eigenvalue weighted by Gasteiger charge is 2.50. The normalized spacial score (nSPS) is 24.6. The maximum Gasteiger partial charge on any atom is 0.409 e. The van der Waals surface area contributed by atoms with Crippen LogP contribution in [0.2, 0.25) is 0 Å². The minimum absolute atomic E-state index is 0.00663. The van der Waals surface area contributed by atoms with Gasteiger partial charge >= 0.3 is 17.8 Å². The Morgan fingerprint density at radius 1 is 0.924 bits per heavy atom. The van der Waals surface area contributed by atoms with Crippen molar-refractivity contribution in [3.05, 3.63) is 81.9 Å². The third-order valence-electron chi connectivity index (χ3n) is 18.1. The van der Waals surface area contributed by atoms with Gasteiger partial charge in [0.25, 0.3) is 0 Å². The van der Waals surface area contributed by atoms with Crippen LogP contribution in [0.4, 0.5) is 19.4 Å². The standard InChI is InChI=1S/C59H66F2N10O8/c1-4-41-44(60)9-7-38-27-40(72)29-42(49(38)41)51-50(61)52-43(30-62-51)53(69-21-5-18-58(2,77)33-69)65-55(64-52)79-34-59-19-6-22-70(59)39(13-20-59)32-78-57(76)68-25-14-35(15-26-68)31-67-23-16-36(17-24-67)37-8-10-45-47(28-37)66(3)56(75)71(45)46-11-12-48(73)63-54(46)74/h1,7-10,27-30,35-36,39,46,72,77H,5-6,11-26,31-34H2,2-3H3,(H,63,73,74)/t39-,46?,58-,59-/m1/s1. The Bertz CT molecular complexity index is 3530. The number of pyridine rings is 1. The number of piperidine rings is 4. The van der Waals surface area contributed by atoms with Crippen molar-refractivity contribution >= 4 is 56.4 Å². The van der Waals surface area contributed by atoms with Crippen molar-refractivity contribution < 1.29 is 42.9 Å². The largest absolute Gasteiger partial charge is 0.508 e. The van der Waals surface area contributed by atoms with E-state index in [1.165, 1.54) is 40.6 Å². The minimum atomic E-state index is -1.02. The van der Waals surface area contributed by atoms with E-state index in [9.17, 15) is 29.4 Å². The van der Waals surface area contributed by atoms with Crippen molar-refractivity contribution in [3.63, 3.8) is 0 Å². The van der Waals surface area contributed by atoms with E-state index in [1.807, 2.05) is 15.9 Å². The molecule has 1 unspecified atom stereocenters. The molecular weight excluding hydrogens is 1010 g/mol. The molecule has 6 fully saturated rings. The molecule has 20 heteroatoms. The second-order valence-corrected chi connectivity index (χ2v) is 23.2. The predicted octanol–water partition coefficient (Wildman–Crippen LogP) is 6.90. The number of carbonyl (C=O) groups is 3. The van der Waals surface area contributed by atoms with Gasteiger partial charge in [-0.1, -0.05) is 18.1 Å². The van der Waals surface area contributed by atoms with E-state index in [0.29, 0.717) is 72.8 Å². The zero-order chi connectivity index (χ0) is 54.9. The lowest BCUT2D eigenvalue weighted by Gasteiger charge is -2.38. The first-order valence-electron chi connectivity index (χ1n) is 27.9. The second kappa shape index (κ2) is 20.8. The van der Waals surface area contributed by atoms with E-state index in [0.717, 1.165) is 83.1 Å². The summed E-state index contributed by atoms with van der Waals surface area (Å²) in [6.07, 6.45) is 15.8. The second-order valence-electron chi connectivity index (χ2n) is 23.2. The van der Waals surface area contributed by atoms with Crippen LogP contribution in [0.15, 0.2) is 53.5 Å². The Morgan fingerprint density at radius 3 is 2.49 bits per heavy atom. The minimum Gasteiger partial charge on any atom is -0.508 e. The van der Waals surface area contributed by atoms with E-state index in [4.69, 9.17) is 20.9 Å². The average Bonchev–Trinajstić information content (AvgIpc) is 4.32. The number of ether oxygens (including phenoxy) is 2. The predicted molar refractivity (Wildman–Crippen MR) is 292 cm³/mol. The number of benzene rings is 3. The number of fused-ring (bicyclic) bond motifs is 4. The van der Waals surface area contributed by atoms with Gasteiger partial charge in [0, 0.05) is 69.4 Å². The van der Waals surface area contributed by atoms with Crippen LogP contribution in [0.5, 0.6) is 11.8 Å². The SMILES string of the molecule is C#Cc1c(F)ccc2cc(O)cc(-c3ncc4c(N5CCC[C@@](C)(O)C5)nc(OC[C@]56CCCN5[C@@H](COC(=O)N5CCC(CN7CCC(c8ccc9c(c8)n(C)c(=O)n9C8CCC(=O)NC8=O)CC7)CC5)CC6)nc4c3F)c12. The number of β-amino-alcohol motifs (C(OH)–C–C–N with tert-alkyl or cyclic N) is 1. The van der Waals surface area contributed by atoms with Crippen LogP contribution in [-0.2, 0) is 21.4 Å². The fourth-order valence-corrected chi connectivity index (χ4v) is 13.9. The lowest BCUT2D eigenvalue weighted by molar-refractivity contribution is -0.135. The number of carbonyl (C=O) groups excluding carboxylic acids is 3. The molecule has 4 atom stereocenters. The molecule has 3 aromatic heterocycles. The molecule has 6 aromatic rings. The Labute approximate surface area is 455 Å². The van der Waals surface area contributed by atoms with E-state index < -0.39 is 29.2 Å². The molecular formula is C59H66F2N10O8. The van der Waals surface area contributed by atoms with Gasteiger partial charge in [0.15, 0.2) is 5.82 Å². The van der Waals surface area contributed by atoms with Gasteiger partial charge in [0.05, 0.1) is 33.1 Å². The number of aryl methyl sites for hydroxylation is 1. The number of aliphatic hydroxyl groups is 1. The third kappa shape index (κ3) is 9.81. The number of likely N-dealkylation sites (tertiary alicyclic amines) is 2. The summed E-state index contributed by atoms with van der Waals surface area (Å²) >= 11 is 0. The summed E-state index contributed by atoms with van der Waals surface area (Å²) in [5, 5.41) is 25.2. The van der Waals surface area contributed by atoms with Crippen LogP contribution in [-0.4, -0.2) is 150 Å². The topological polar surface area (TPSA) is 201 Å². The molecule has 414 valence electrons. The van der Waals surface area contributed by atoms with Gasteiger partial charge in [-0.25, -0.2) is 18.4 Å². The summed E-state index contributed by atoms with van der Waals surface area (Å²) in [4.78, 5) is 74.1. The maximum atomic E-state index is 17.2. The molecule has 0 saturated carbocycles. The summed E-state index contributed by atoms with van der Waals surface area (Å²) in [6, 6.07) is 10.8. The number of hydrogen-bond donors (Lipinski definition) is 3. The molecule has 0 radical (unpaired) electrons. The highest BCUT2D eigenvalue weighted by atomic mass is 19.1. The first-order valence-corrected chi connectivity index (χ1v) is 27.9. The number of terminal acetylenes is 1. The van der Waals surface area contributed by atoms with Crippen LogP contribution >= 0.6 is 0 Å². The van der Waals surface area contributed by atoms with Crippen LogP contribution in [0.3, 0.4) is 0 Å². The summed E-state index contributed by atoms with van der Waals surface area (Å²) in [6.45, 7) is 7.99. The monoisotopic (exact) mass is 1080 g/mol. The zero-order valence-electron chi connectivity index (χ0n) is 44.7. The number of imide groups is 1. The van der Waals surface area contributed by atoms with E-state index in [2.05, 4.69) is 43.1 Å². The van der Waals surface area contributed by atoms with Crippen LogP contribution in [0.1, 0.15) is 107 Å². The number of phenols is 1. The lowest BCUT2D eigenvalue weighted by Crippen LogP contribution is -2.49. The maximum absolute atomic E-state index is 17.2. The molecule has 0 aliphatic carbocycles. The number of phenolic OH excluding ortho intramolecular Hbond substituents is 1. The fourth-order valence-electron chi connectivity index (χ4n) is 13.9. The van der Waals surface area contributed by atoms with E-state index >= 15 is 8.78 Å². The molecule has 0 bridgehead atoms. The van der Waals surface area contributed by atoms with Crippen molar-refractivity contribution in [1.82, 2.24) is 44.1 Å². The van der Waals surface area contributed by atoms with Crippen LogP contribution in [0.25, 0.3) is 44.0 Å². The van der Waals surface area contributed by atoms with Crippen molar-refractivity contribution in [2.24, 2.45) is 13.0 Å². The van der Waals surface area contributed by atoms with Crippen molar-refractivity contribution in [3.8, 4) is 35.4 Å². The molecule has 9 heterocycles. The van der Waals surface area contributed by atoms with Crippen molar-refractivity contribution in [1.29, 1.82) is 0 Å². The molecule has 6 aliphatic rings. The summed E-state index contributed by atoms with van der Waals surface area (Å²) in [5.74, 6) is 1.13. The number of hydrogen-bond acceptors (Lipinski definition) is 14. The molecule has 3 N–H and O–H groups in total. The molecule has 3 aromatic carbocycles. The first kappa shape index (κ1) is 52.5. The number of nitrogens with zero attached hydrogens (tertiary/aromatic N) is 9. The van der Waals surface area contributed by atoms with Gasteiger partial charge in [-0.15, -0.1) is 6.42 Å². The number of anilines is 1. The molecule has 6 saturated heterocycles. The zero-order valence-corrected chi connectivity index (χ0v) is 44.7. The summed E-state index contributed by atoms with van der Waals surface area (Å²) < 4.78 is 48.0. The number of rotatable bonds is 11. The lowest BCUT2D eigenvalue weighted by atomic mass is 9.88. The Balaban J connectivity index is 0.664. The Hall–Kier alpha value is -7.21. The van der Waals surface area contributed by atoms with Gasteiger partial charge in [-0.2, -0.15) is 9.97 Å². The van der Waals surface area contributed by atoms with Crippen molar-refractivity contribution in [2.75, 3.05) is 70.5 Å². The number of imidazole rings is 1. The molecule has 0 spiro atoms. The third-order valence-corrected chi connectivity index (χ3v) is 18.1. The Morgan fingerprint density at radius 2 is 1.72 bits per heavy atom. The molecule has 79 heavy (non-hydrogen) atoms. The van der Waals surface area contributed by atoms with Gasteiger partial charge in [0.1, 0.15) is 47.9 Å². The van der Waals surface area contributed by atoms with Gasteiger partial charge in [-0.05, 0) is 150 Å². The smallest absolute Gasteiger partial charge is 0.409 e. The summed E-state index contributed by atoms with van der Waals surface area (Å²) in [7, 11) is 1.73. The van der Waals surface area contributed by atoms with E-state index in [-0.39, 0.29) is 94.9 Å². The van der Waals surface area contributed by atoms with Crippen molar-refractivity contribution in [2.45, 2.75) is 113 Å². The fraction of sp³-hybridized carbons (Fsp3) is 0.508. The number of halogens is 2. The summed E-state index contributed by atoms with van der Waals surface area (Å²) in [5.41, 5.74) is 0.737. The Kier molecular flexibility index (Phi) is 13.8. The highest BCUT2D eigenvalue weighted by Crippen LogP contribution is 2.44. The molecule has 18 nitrogen and oxygen atoms in total. The quantitative estimate of drug-likeness (QED) is 0.0894.